The second kappa shape index (κ2) is 6.30. The maximum atomic E-state index is 11.9. The van der Waals surface area contributed by atoms with E-state index >= 15 is 0 Å². The summed E-state index contributed by atoms with van der Waals surface area (Å²) in [7, 11) is -2.99. The molecule has 1 fully saturated rings. The van der Waals surface area contributed by atoms with Crippen molar-refractivity contribution in [3.63, 3.8) is 0 Å². The molecule has 1 heterocycles. The lowest BCUT2D eigenvalue weighted by molar-refractivity contribution is -0.127. The molecule has 0 radical (unpaired) electrons. The van der Waals surface area contributed by atoms with Crippen LogP contribution in [0.4, 0.5) is 0 Å². The Morgan fingerprint density at radius 1 is 1.40 bits per heavy atom. The number of rotatable bonds is 4. The topological polar surface area (TPSA) is 72.5 Å². The predicted molar refractivity (Wildman–Crippen MR) is 84.5 cm³/mol. The van der Waals surface area contributed by atoms with Gasteiger partial charge in [-0.15, -0.1) is 0 Å². The minimum absolute atomic E-state index is 0.0228. The average molecular weight is 409 g/mol. The Kier molecular flexibility index (Phi) is 4.90. The molecule has 1 saturated heterocycles. The lowest BCUT2D eigenvalue weighted by Gasteiger charge is -2.17. The lowest BCUT2D eigenvalue weighted by atomic mass is 10.2. The van der Waals surface area contributed by atoms with Gasteiger partial charge in [-0.3, -0.25) is 4.79 Å². The number of benzene rings is 1. The van der Waals surface area contributed by atoms with Gasteiger partial charge in [0, 0.05) is 9.61 Å². The van der Waals surface area contributed by atoms with Gasteiger partial charge in [-0.05, 0) is 60.2 Å². The minimum Gasteiger partial charge on any atom is -0.481 e. The van der Waals surface area contributed by atoms with E-state index in [1.54, 1.807) is 19.1 Å². The zero-order valence-corrected chi connectivity index (χ0v) is 14.0. The van der Waals surface area contributed by atoms with Crippen LogP contribution in [0.3, 0.4) is 0 Å². The number of sulfone groups is 1. The molecule has 5 nitrogen and oxygen atoms in total. The van der Waals surface area contributed by atoms with Crippen molar-refractivity contribution in [2.24, 2.45) is 0 Å². The van der Waals surface area contributed by atoms with Crippen molar-refractivity contribution in [1.82, 2.24) is 5.32 Å². The van der Waals surface area contributed by atoms with Gasteiger partial charge in [0.2, 0.25) is 0 Å². The summed E-state index contributed by atoms with van der Waals surface area (Å²) < 4.78 is 29.3. The summed E-state index contributed by atoms with van der Waals surface area (Å²) in [6.45, 7) is 1.65. The number of carbonyl (C=O) groups is 1. The van der Waals surface area contributed by atoms with E-state index in [1.807, 2.05) is 12.1 Å². The van der Waals surface area contributed by atoms with Gasteiger partial charge < -0.3 is 10.1 Å². The minimum atomic E-state index is -2.99. The summed E-state index contributed by atoms with van der Waals surface area (Å²) in [5.74, 6) is 0.497. The third-order valence-electron chi connectivity index (χ3n) is 3.07. The van der Waals surface area contributed by atoms with Crippen molar-refractivity contribution in [1.29, 1.82) is 0 Å². The maximum absolute atomic E-state index is 11.9. The predicted octanol–water partition coefficient (Wildman–Crippen LogP) is 1.36. The smallest absolute Gasteiger partial charge is 0.261 e. The van der Waals surface area contributed by atoms with E-state index in [-0.39, 0.29) is 23.5 Å². The molecule has 0 bridgehead atoms. The molecule has 7 heteroatoms. The van der Waals surface area contributed by atoms with Crippen LogP contribution >= 0.6 is 22.6 Å². The Hall–Kier alpha value is -0.830. The molecule has 2 rings (SSSR count). The zero-order valence-electron chi connectivity index (χ0n) is 11.0. The van der Waals surface area contributed by atoms with Crippen molar-refractivity contribution < 1.29 is 17.9 Å². The molecule has 1 aliphatic heterocycles. The molecule has 0 unspecified atom stereocenters. The third kappa shape index (κ3) is 4.34. The van der Waals surface area contributed by atoms with Crippen LogP contribution in [0.2, 0.25) is 0 Å². The molecule has 0 spiro atoms. The maximum Gasteiger partial charge on any atom is 0.261 e. The molecule has 0 aromatic heterocycles. The Bertz CT molecular complexity index is 585. The molecule has 110 valence electrons. The van der Waals surface area contributed by atoms with E-state index in [1.165, 1.54) is 0 Å². The van der Waals surface area contributed by atoms with E-state index in [9.17, 15) is 13.2 Å². The number of hydrogen-bond acceptors (Lipinski definition) is 4. The summed E-state index contributed by atoms with van der Waals surface area (Å²) in [5.41, 5.74) is 0. The summed E-state index contributed by atoms with van der Waals surface area (Å²) in [6, 6.07) is 7.08. The van der Waals surface area contributed by atoms with Gasteiger partial charge in [0.1, 0.15) is 5.75 Å². The van der Waals surface area contributed by atoms with Crippen LogP contribution in [0.1, 0.15) is 13.3 Å². The SMILES string of the molecule is C[C@H](Oc1ccc(I)cc1)C(=O)N[C@@H]1CCS(=O)(=O)C1. The van der Waals surface area contributed by atoms with E-state index in [0.717, 1.165) is 3.57 Å². The van der Waals surface area contributed by atoms with Crippen molar-refractivity contribution >= 4 is 38.3 Å². The van der Waals surface area contributed by atoms with Crippen LogP contribution in [0.15, 0.2) is 24.3 Å². The highest BCUT2D eigenvalue weighted by molar-refractivity contribution is 14.1. The second-order valence-corrected chi connectivity index (χ2v) is 8.30. The molecular formula is C13H16INO4S. The van der Waals surface area contributed by atoms with Gasteiger partial charge in [-0.1, -0.05) is 0 Å². The number of ether oxygens (including phenoxy) is 1. The van der Waals surface area contributed by atoms with Crippen molar-refractivity contribution in [2.75, 3.05) is 11.5 Å². The summed E-state index contributed by atoms with van der Waals surface area (Å²) in [4.78, 5) is 11.9. The van der Waals surface area contributed by atoms with Crippen LogP contribution in [0.5, 0.6) is 5.75 Å². The van der Waals surface area contributed by atoms with E-state index in [2.05, 4.69) is 27.9 Å². The first kappa shape index (κ1) is 15.6. The average Bonchev–Trinajstić information content (AvgIpc) is 2.71. The molecule has 1 aliphatic rings. The van der Waals surface area contributed by atoms with Crippen LogP contribution in [0, 0.1) is 3.57 Å². The fourth-order valence-corrected chi connectivity index (χ4v) is 4.03. The molecule has 1 aromatic carbocycles. The van der Waals surface area contributed by atoms with Gasteiger partial charge in [-0.25, -0.2) is 8.42 Å². The van der Waals surface area contributed by atoms with Crippen LogP contribution < -0.4 is 10.1 Å². The van der Waals surface area contributed by atoms with E-state index in [0.29, 0.717) is 12.2 Å². The number of nitrogens with one attached hydrogen (secondary N) is 1. The largest absolute Gasteiger partial charge is 0.481 e. The molecule has 20 heavy (non-hydrogen) atoms. The van der Waals surface area contributed by atoms with Crippen molar-refractivity contribution in [3.8, 4) is 5.75 Å². The van der Waals surface area contributed by atoms with Gasteiger partial charge in [0.25, 0.3) is 5.91 Å². The third-order valence-corrected chi connectivity index (χ3v) is 5.56. The molecule has 0 saturated carbocycles. The highest BCUT2D eigenvalue weighted by Gasteiger charge is 2.30. The van der Waals surface area contributed by atoms with Gasteiger partial charge >= 0.3 is 0 Å². The van der Waals surface area contributed by atoms with E-state index < -0.39 is 15.9 Å². The fraction of sp³-hybridized carbons (Fsp3) is 0.462. The Morgan fingerprint density at radius 2 is 2.05 bits per heavy atom. The lowest BCUT2D eigenvalue weighted by Crippen LogP contribution is -2.43. The Morgan fingerprint density at radius 3 is 2.60 bits per heavy atom. The summed E-state index contributed by atoms with van der Waals surface area (Å²) >= 11 is 2.19. The molecule has 1 N–H and O–H groups in total. The van der Waals surface area contributed by atoms with Gasteiger partial charge in [0.15, 0.2) is 15.9 Å². The van der Waals surface area contributed by atoms with Gasteiger partial charge in [0.05, 0.1) is 11.5 Å². The Balaban J connectivity index is 1.88. The first-order valence-corrected chi connectivity index (χ1v) is 9.19. The van der Waals surface area contributed by atoms with E-state index in [4.69, 9.17) is 4.74 Å². The van der Waals surface area contributed by atoms with Gasteiger partial charge in [-0.2, -0.15) is 0 Å². The molecule has 2 atom stereocenters. The highest BCUT2D eigenvalue weighted by Crippen LogP contribution is 2.16. The number of carbonyl (C=O) groups excluding carboxylic acids is 1. The fourth-order valence-electron chi connectivity index (χ4n) is 2.00. The first-order valence-electron chi connectivity index (χ1n) is 6.29. The summed E-state index contributed by atoms with van der Waals surface area (Å²) in [6.07, 6.45) is -0.178. The molecule has 1 amide bonds. The molecular weight excluding hydrogens is 393 g/mol. The quantitative estimate of drug-likeness (QED) is 0.763. The Labute approximate surface area is 132 Å². The number of halogens is 1. The highest BCUT2D eigenvalue weighted by atomic mass is 127. The van der Waals surface area contributed by atoms with Crippen LogP contribution in [0.25, 0.3) is 0 Å². The van der Waals surface area contributed by atoms with Crippen LogP contribution in [-0.2, 0) is 14.6 Å². The van der Waals surface area contributed by atoms with Crippen molar-refractivity contribution in [2.45, 2.75) is 25.5 Å². The summed E-state index contributed by atoms with van der Waals surface area (Å²) in [5, 5.41) is 2.72. The second-order valence-electron chi connectivity index (χ2n) is 4.82. The number of amides is 1. The zero-order chi connectivity index (χ0) is 14.8. The van der Waals surface area contributed by atoms with Crippen LogP contribution in [-0.4, -0.2) is 38.0 Å². The molecule has 1 aromatic rings. The molecule has 0 aliphatic carbocycles. The normalized spacial score (nSPS) is 22.2. The standard InChI is InChI=1S/C13H16INO4S/c1-9(19-12-4-2-10(14)3-5-12)13(16)15-11-6-7-20(17,18)8-11/h2-5,9,11H,6-8H2,1H3,(H,15,16)/t9-,11+/m0/s1. The number of hydrogen-bond donors (Lipinski definition) is 1. The first-order chi connectivity index (χ1) is 9.35. The van der Waals surface area contributed by atoms with Crippen molar-refractivity contribution in [3.05, 3.63) is 27.8 Å². The monoisotopic (exact) mass is 409 g/mol.